The van der Waals surface area contributed by atoms with Crippen molar-refractivity contribution in [3.63, 3.8) is 0 Å². The van der Waals surface area contributed by atoms with Crippen molar-refractivity contribution in [3.05, 3.63) is 53.9 Å². The standard InChI is InChI=1S/C25H34N4O4/c1-3-21-18-28(17-20-15-22(31-2)6-7-23(20)33-21)10-9-27-25(30)24(19-5-4-8-26-16-19)29-11-13-32-14-12-29/h4-8,15-16,21,24H,3,9-14,17-18H2,1-2H3,(H,27,30). The highest BCUT2D eigenvalue weighted by molar-refractivity contribution is 5.83. The molecule has 0 aliphatic carbocycles. The Morgan fingerprint density at radius 2 is 2.15 bits per heavy atom. The van der Waals surface area contributed by atoms with Gasteiger partial charge >= 0.3 is 0 Å². The lowest BCUT2D eigenvalue weighted by Gasteiger charge is -2.33. The number of aromatic nitrogens is 1. The lowest BCUT2D eigenvalue weighted by Crippen LogP contribution is -2.47. The average molecular weight is 455 g/mol. The predicted molar refractivity (Wildman–Crippen MR) is 125 cm³/mol. The van der Waals surface area contributed by atoms with Gasteiger partial charge in [0.25, 0.3) is 0 Å². The van der Waals surface area contributed by atoms with Gasteiger partial charge in [-0.05, 0) is 36.2 Å². The van der Waals surface area contributed by atoms with Crippen LogP contribution in [0.4, 0.5) is 0 Å². The molecule has 2 unspecified atom stereocenters. The highest BCUT2D eigenvalue weighted by Crippen LogP contribution is 2.29. The molecule has 33 heavy (non-hydrogen) atoms. The molecular formula is C25H34N4O4. The first-order valence-electron chi connectivity index (χ1n) is 11.7. The largest absolute Gasteiger partial charge is 0.497 e. The van der Waals surface area contributed by atoms with Crippen molar-refractivity contribution in [2.24, 2.45) is 0 Å². The summed E-state index contributed by atoms with van der Waals surface area (Å²) in [4.78, 5) is 22.0. The van der Waals surface area contributed by atoms with E-state index in [1.54, 1.807) is 19.5 Å². The van der Waals surface area contributed by atoms with Crippen molar-refractivity contribution in [2.75, 3.05) is 53.0 Å². The zero-order valence-electron chi connectivity index (χ0n) is 19.5. The summed E-state index contributed by atoms with van der Waals surface area (Å²) < 4.78 is 17.1. The van der Waals surface area contributed by atoms with Crippen LogP contribution in [0.15, 0.2) is 42.7 Å². The fourth-order valence-electron chi connectivity index (χ4n) is 4.45. The number of amides is 1. The van der Waals surface area contributed by atoms with Crippen molar-refractivity contribution < 1.29 is 19.0 Å². The summed E-state index contributed by atoms with van der Waals surface area (Å²) >= 11 is 0. The number of benzene rings is 1. The Labute approximate surface area is 195 Å². The minimum atomic E-state index is -0.358. The lowest BCUT2D eigenvalue weighted by atomic mass is 10.1. The van der Waals surface area contributed by atoms with Crippen molar-refractivity contribution in [1.29, 1.82) is 0 Å². The predicted octanol–water partition coefficient (Wildman–Crippen LogP) is 2.25. The van der Waals surface area contributed by atoms with Crippen LogP contribution in [0, 0.1) is 0 Å². The highest BCUT2D eigenvalue weighted by atomic mass is 16.5. The second-order valence-corrected chi connectivity index (χ2v) is 8.49. The summed E-state index contributed by atoms with van der Waals surface area (Å²) in [6.07, 6.45) is 4.55. The number of carbonyl (C=O) groups excluding carboxylic acids is 1. The molecular weight excluding hydrogens is 420 g/mol. The number of hydrogen-bond acceptors (Lipinski definition) is 7. The first-order chi connectivity index (χ1) is 16.2. The summed E-state index contributed by atoms with van der Waals surface area (Å²) in [6.45, 7) is 7.76. The Kier molecular flexibility index (Phi) is 8.15. The number of ether oxygens (including phenoxy) is 3. The summed E-state index contributed by atoms with van der Waals surface area (Å²) in [5.41, 5.74) is 2.02. The van der Waals surface area contributed by atoms with E-state index in [9.17, 15) is 4.79 Å². The molecule has 2 aliphatic heterocycles. The van der Waals surface area contributed by atoms with Crippen LogP contribution in [0.25, 0.3) is 0 Å². The van der Waals surface area contributed by atoms with Crippen LogP contribution in [0.5, 0.6) is 11.5 Å². The molecule has 2 atom stereocenters. The summed E-state index contributed by atoms with van der Waals surface area (Å²) in [5.74, 6) is 1.74. The molecule has 0 radical (unpaired) electrons. The van der Waals surface area contributed by atoms with Gasteiger partial charge in [-0.25, -0.2) is 0 Å². The van der Waals surface area contributed by atoms with Gasteiger partial charge in [0.15, 0.2) is 0 Å². The number of morpholine rings is 1. The van der Waals surface area contributed by atoms with Gasteiger partial charge in [-0.15, -0.1) is 0 Å². The Morgan fingerprint density at radius 1 is 1.30 bits per heavy atom. The molecule has 2 aromatic rings. The molecule has 1 amide bonds. The van der Waals surface area contributed by atoms with Crippen LogP contribution in [0.2, 0.25) is 0 Å². The monoisotopic (exact) mass is 454 g/mol. The highest BCUT2D eigenvalue weighted by Gasteiger charge is 2.29. The first-order valence-corrected chi connectivity index (χ1v) is 11.7. The summed E-state index contributed by atoms with van der Waals surface area (Å²) in [7, 11) is 1.68. The molecule has 0 saturated carbocycles. The number of methoxy groups -OCH3 is 1. The number of hydrogen-bond donors (Lipinski definition) is 1. The second kappa shape index (κ2) is 11.4. The maximum Gasteiger partial charge on any atom is 0.242 e. The topological polar surface area (TPSA) is 76.2 Å². The maximum absolute atomic E-state index is 13.3. The summed E-state index contributed by atoms with van der Waals surface area (Å²) in [5, 5.41) is 3.17. The molecule has 8 nitrogen and oxygen atoms in total. The van der Waals surface area contributed by atoms with E-state index in [-0.39, 0.29) is 18.1 Å². The third-order valence-corrected chi connectivity index (χ3v) is 6.26. The second-order valence-electron chi connectivity index (χ2n) is 8.49. The quantitative estimate of drug-likeness (QED) is 0.656. The number of rotatable bonds is 8. The molecule has 0 bridgehead atoms. The average Bonchev–Trinajstić information content (AvgIpc) is 3.03. The molecule has 178 valence electrons. The normalized spacial score (nSPS) is 20.2. The van der Waals surface area contributed by atoms with E-state index < -0.39 is 0 Å². The number of fused-ring (bicyclic) bond motifs is 1. The van der Waals surface area contributed by atoms with Crippen molar-refractivity contribution in [2.45, 2.75) is 32.0 Å². The molecule has 0 spiro atoms. The zero-order chi connectivity index (χ0) is 23.0. The number of nitrogens with zero attached hydrogens (tertiary/aromatic N) is 3. The van der Waals surface area contributed by atoms with Gasteiger partial charge in [0.1, 0.15) is 23.6 Å². The van der Waals surface area contributed by atoms with Crippen molar-refractivity contribution in [1.82, 2.24) is 20.1 Å². The van der Waals surface area contributed by atoms with Gasteiger partial charge in [-0.2, -0.15) is 0 Å². The van der Waals surface area contributed by atoms with Crippen LogP contribution in [-0.2, 0) is 16.1 Å². The Bertz CT molecular complexity index is 905. The van der Waals surface area contributed by atoms with Gasteiger partial charge in [-0.1, -0.05) is 13.0 Å². The van der Waals surface area contributed by atoms with E-state index in [0.29, 0.717) is 19.8 Å². The van der Waals surface area contributed by atoms with Crippen LogP contribution in [0.3, 0.4) is 0 Å². The molecule has 1 N–H and O–H groups in total. The van der Waals surface area contributed by atoms with Crippen molar-refractivity contribution in [3.8, 4) is 11.5 Å². The van der Waals surface area contributed by atoms with E-state index in [0.717, 1.165) is 61.8 Å². The minimum absolute atomic E-state index is 0.00471. The molecule has 1 fully saturated rings. The molecule has 8 heteroatoms. The van der Waals surface area contributed by atoms with E-state index in [1.807, 2.05) is 30.3 Å². The molecule has 3 heterocycles. The minimum Gasteiger partial charge on any atom is -0.497 e. The number of nitrogens with one attached hydrogen (secondary N) is 1. The fourth-order valence-corrected chi connectivity index (χ4v) is 4.45. The van der Waals surface area contributed by atoms with E-state index in [2.05, 4.69) is 27.0 Å². The summed E-state index contributed by atoms with van der Waals surface area (Å²) in [6, 6.07) is 9.45. The Hall–Kier alpha value is -2.68. The molecule has 4 rings (SSSR count). The molecule has 1 aromatic heterocycles. The van der Waals surface area contributed by atoms with Gasteiger partial charge in [0.2, 0.25) is 5.91 Å². The van der Waals surface area contributed by atoms with Crippen LogP contribution in [0.1, 0.15) is 30.5 Å². The van der Waals surface area contributed by atoms with Gasteiger partial charge in [0.05, 0.1) is 20.3 Å². The molecule has 1 saturated heterocycles. The van der Waals surface area contributed by atoms with Gasteiger partial charge in [0, 0.05) is 57.2 Å². The smallest absolute Gasteiger partial charge is 0.242 e. The zero-order valence-corrected chi connectivity index (χ0v) is 19.5. The van der Waals surface area contributed by atoms with E-state index >= 15 is 0 Å². The van der Waals surface area contributed by atoms with Crippen LogP contribution in [-0.4, -0.2) is 79.8 Å². The van der Waals surface area contributed by atoms with Crippen LogP contribution >= 0.6 is 0 Å². The fraction of sp³-hybridized carbons (Fsp3) is 0.520. The van der Waals surface area contributed by atoms with Gasteiger partial charge < -0.3 is 19.5 Å². The van der Waals surface area contributed by atoms with Crippen molar-refractivity contribution >= 4 is 5.91 Å². The molecule has 1 aromatic carbocycles. The van der Waals surface area contributed by atoms with E-state index in [1.165, 1.54) is 0 Å². The number of pyridine rings is 1. The third-order valence-electron chi connectivity index (χ3n) is 6.26. The maximum atomic E-state index is 13.3. The van der Waals surface area contributed by atoms with Gasteiger partial charge in [-0.3, -0.25) is 19.6 Å². The SMILES string of the molecule is CCC1CN(CCNC(=O)C(c2cccnc2)N2CCOCC2)Cc2cc(OC)ccc2O1. The third kappa shape index (κ3) is 6.01. The lowest BCUT2D eigenvalue weighted by molar-refractivity contribution is -0.128. The first kappa shape index (κ1) is 23.5. The number of carbonyl (C=O) groups is 1. The Balaban J connectivity index is 1.40. The van der Waals surface area contributed by atoms with E-state index in [4.69, 9.17) is 14.2 Å². The van der Waals surface area contributed by atoms with Crippen LogP contribution < -0.4 is 14.8 Å². The Morgan fingerprint density at radius 3 is 2.88 bits per heavy atom. The molecule has 2 aliphatic rings.